The first kappa shape index (κ1) is 23.9. The van der Waals surface area contributed by atoms with Gasteiger partial charge >= 0.3 is 0 Å². The number of benzene rings is 2. The minimum atomic E-state index is -0.391. The molecule has 0 spiro atoms. The summed E-state index contributed by atoms with van der Waals surface area (Å²) in [6, 6.07) is 11.5. The van der Waals surface area contributed by atoms with Crippen LogP contribution in [0, 0.1) is 17.0 Å². The van der Waals surface area contributed by atoms with Crippen LogP contribution in [0.2, 0.25) is 0 Å². The lowest BCUT2D eigenvalue weighted by molar-refractivity contribution is -0.384. The number of carbonyl (C=O) groups is 1. The van der Waals surface area contributed by atoms with E-state index >= 15 is 0 Å². The summed E-state index contributed by atoms with van der Waals surface area (Å²) >= 11 is 0. The van der Waals surface area contributed by atoms with E-state index in [1.54, 1.807) is 15.4 Å². The highest BCUT2D eigenvalue weighted by atomic mass is 16.6. The van der Waals surface area contributed by atoms with Crippen LogP contribution >= 0.6 is 0 Å². The number of fused-ring (bicyclic) bond motifs is 1. The van der Waals surface area contributed by atoms with E-state index in [0.717, 1.165) is 26.1 Å². The number of para-hydroxylation sites is 1. The molecule has 0 unspecified atom stereocenters. The number of aryl methyl sites for hydroxylation is 2. The number of nitro groups is 1. The summed E-state index contributed by atoms with van der Waals surface area (Å²) in [5, 5.41) is 12.4. The summed E-state index contributed by atoms with van der Waals surface area (Å²) in [7, 11) is 1.82. The molecule has 2 aromatic carbocycles. The average molecular weight is 493 g/mol. The van der Waals surface area contributed by atoms with Crippen molar-refractivity contribution in [3.63, 3.8) is 0 Å². The van der Waals surface area contributed by atoms with Crippen LogP contribution in [0.5, 0.6) is 0 Å². The molecule has 0 aliphatic carbocycles. The van der Waals surface area contributed by atoms with Crippen LogP contribution < -0.4 is 15.4 Å². The van der Waals surface area contributed by atoms with Gasteiger partial charge in [0, 0.05) is 71.0 Å². The lowest BCUT2D eigenvalue weighted by Crippen LogP contribution is -2.47. The Morgan fingerprint density at radius 3 is 2.28 bits per heavy atom. The summed E-state index contributed by atoms with van der Waals surface area (Å²) in [4.78, 5) is 42.9. The smallest absolute Gasteiger partial charge is 0.293 e. The Hall–Kier alpha value is -3.82. The Morgan fingerprint density at radius 1 is 0.944 bits per heavy atom. The molecule has 3 aromatic rings. The third-order valence-corrected chi connectivity index (χ3v) is 7.51. The van der Waals surface area contributed by atoms with Crippen molar-refractivity contribution in [1.29, 1.82) is 0 Å². The number of hydrogen-bond acceptors (Lipinski definition) is 6. The molecule has 36 heavy (non-hydrogen) atoms. The molecule has 2 aliphatic heterocycles. The number of likely N-dealkylation sites (tertiary alicyclic amines) is 1. The summed E-state index contributed by atoms with van der Waals surface area (Å²) < 4.78 is 3.41. The molecule has 190 valence electrons. The van der Waals surface area contributed by atoms with Gasteiger partial charge in [-0.15, -0.1) is 0 Å². The van der Waals surface area contributed by atoms with E-state index in [1.807, 2.05) is 29.0 Å². The molecule has 2 fully saturated rings. The van der Waals surface area contributed by atoms with Gasteiger partial charge in [0.15, 0.2) is 0 Å². The number of hydrogen-bond donors (Lipinski definition) is 0. The average Bonchev–Trinajstić information content (AvgIpc) is 3.39. The predicted molar refractivity (Wildman–Crippen MR) is 140 cm³/mol. The molecule has 1 amide bonds. The van der Waals surface area contributed by atoms with E-state index in [0.29, 0.717) is 55.6 Å². The number of rotatable bonds is 7. The fourth-order valence-corrected chi connectivity index (χ4v) is 5.52. The maximum Gasteiger partial charge on any atom is 0.293 e. The molecule has 0 bridgehead atoms. The highest BCUT2D eigenvalue weighted by molar-refractivity contribution is 5.88. The normalized spacial score (nSPS) is 16.4. The minimum Gasteiger partial charge on any atom is -0.368 e. The van der Waals surface area contributed by atoms with Gasteiger partial charge in [0.1, 0.15) is 5.69 Å². The monoisotopic (exact) mass is 492 g/mol. The number of piperazine rings is 1. The Labute approximate surface area is 209 Å². The van der Waals surface area contributed by atoms with Crippen molar-refractivity contribution < 1.29 is 9.72 Å². The molecular formula is C26H32N6O4. The van der Waals surface area contributed by atoms with Crippen LogP contribution in [-0.2, 0) is 18.4 Å². The van der Waals surface area contributed by atoms with Crippen LogP contribution in [0.25, 0.3) is 10.9 Å². The molecule has 10 heteroatoms. The zero-order valence-corrected chi connectivity index (χ0v) is 20.9. The van der Waals surface area contributed by atoms with Gasteiger partial charge in [0.2, 0.25) is 5.91 Å². The predicted octanol–water partition coefficient (Wildman–Crippen LogP) is 2.90. The molecule has 2 saturated heterocycles. The minimum absolute atomic E-state index is 0.0376. The van der Waals surface area contributed by atoms with Crippen LogP contribution in [0.4, 0.5) is 17.1 Å². The fraction of sp³-hybridized carbons (Fsp3) is 0.462. The van der Waals surface area contributed by atoms with Gasteiger partial charge in [-0.1, -0.05) is 18.2 Å². The van der Waals surface area contributed by atoms with Crippen molar-refractivity contribution in [3.05, 3.63) is 62.4 Å². The molecular weight excluding hydrogens is 460 g/mol. The van der Waals surface area contributed by atoms with Crippen LogP contribution in [0.15, 0.2) is 41.2 Å². The molecule has 1 aromatic heterocycles. The number of amides is 1. The van der Waals surface area contributed by atoms with Crippen molar-refractivity contribution in [3.8, 4) is 0 Å². The molecule has 3 heterocycles. The van der Waals surface area contributed by atoms with Crippen LogP contribution in [0.1, 0.15) is 24.8 Å². The zero-order chi connectivity index (χ0) is 25.4. The fourth-order valence-electron chi connectivity index (χ4n) is 5.52. The van der Waals surface area contributed by atoms with Gasteiger partial charge in [0.05, 0.1) is 15.8 Å². The van der Waals surface area contributed by atoms with E-state index in [2.05, 4.69) is 24.0 Å². The quantitative estimate of drug-likeness (QED) is 0.372. The summed E-state index contributed by atoms with van der Waals surface area (Å²) in [5.74, 6) is 0.169. The maximum atomic E-state index is 13.2. The zero-order valence-electron chi connectivity index (χ0n) is 20.9. The number of nitrogens with zero attached hydrogens (tertiary/aromatic N) is 6. The van der Waals surface area contributed by atoms with E-state index in [1.165, 1.54) is 17.3 Å². The summed E-state index contributed by atoms with van der Waals surface area (Å²) in [6.07, 6.45) is 2.14. The van der Waals surface area contributed by atoms with Crippen molar-refractivity contribution in [2.24, 2.45) is 7.05 Å². The van der Waals surface area contributed by atoms with Gasteiger partial charge in [-0.25, -0.2) is 4.68 Å². The maximum absolute atomic E-state index is 13.2. The van der Waals surface area contributed by atoms with E-state index < -0.39 is 4.92 Å². The highest BCUT2D eigenvalue weighted by Crippen LogP contribution is 2.33. The van der Waals surface area contributed by atoms with E-state index in [9.17, 15) is 19.7 Å². The third kappa shape index (κ3) is 4.31. The Balaban J connectivity index is 1.39. The largest absolute Gasteiger partial charge is 0.368 e. The van der Waals surface area contributed by atoms with Gasteiger partial charge in [-0.2, -0.15) is 0 Å². The highest BCUT2D eigenvalue weighted by Gasteiger charge is 2.27. The van der Waals surface area contributed by atoms with E-state index in [4.69, 9.17) is 0 Å². The van der Waals surface area contributed by atoms with Crippen LogP contribution in [0.3, 0.4) is 0 Å². The number of carbonyl (C=O) groups excluding carboxylic acids is 1. The second kappa shape index (κ2) is 9.67. The molecule has 5 rings (SSSR count). The van der Waals surface area contributed by atoms with Crippen molar-refractivity contribution in [2.45, 2.75) is 32.7 Å². The lowest BCUT2D eigenvalue weighted by Gasteiger charge is -2.37. The molecule has 0 N–H and O–H groups in total. The van der Waals surface area contributed by atoms with Gasteiger partial charge < -0.3 is 14.7 Å². The number of aromatic nitrogens is 2. The Morgan fingerprint density at radius 2 is 1.64 bits per heavy atom. The first-order valence-corrected chi connectivity index (χ1v) is 12.6. The summed E-state index contributed by atoms with van der Waals surface area (Å²) in [5.41, 5.74) is 3.36. The second-order valence-electron chi connectivity index (χ2n) is 9.67. The molecule has 0 atom stereocenters. The Kier molecular flexibility index (Phi) is 6.42. The summed E-state index contributed by atoms with van der Waals surface area (Å²) in [6.45, 7) is 6.75. The lowest BCUT2D eigenvalue weighted by atomic mass is 10.1. The SMILES string of the molecule is Cc1ccccc1N1CCN(c2cc3c(cc2[N+](=O)[O-])c(=O)n(CCCN2CCCC2=O)n3C)CC1. The van der Waals surface area contributed by atoms with Crippen molar-refractivity contribution >= 4 is 33.9 Å². The Bertz CT molecular complexity index is 1370. The molecule has 2 aliphatic rings. The topological polar surface area (TPSA) is 96.9 Å². The van der Waals surface area contributed by atoms with Crippen molar-refractivity contribution in [1.82, 2.24) is 14.3 Å². The molecule has 0 saturated carbocycles. The molecule has 10 nitrogen and oxygen atoms in total. The van der Waals surface area contributed by atoms with Crippen molar-refractivity contribution in [2.75, 3.05) is 49.1 Å². The van der Waals surface area contributed by atoms with E-state index in [-0.39, 0.29) is 17.2 Å². The third-order valence-electron chi connectivity index (χ3n) is 7.51. The first-order chi connectivity index (χ1) is 17.3. The van der Waals surface area contributed by atoms with Gasteiger partial charge in [-0.3, -0.25) is 24.4 Å². The number of nitro benzene ring substituents is 1. The van der Waals surface area contributed by atoms with Gasteiger partial charge in [-0.05, 0) is 37.5 Å². The number of anilines is 2. The standard InChI is InChI=1S/C26H32N6O4/c1-19-7-3-4-8-21(19)28-13-15-29(16-14-28)23-18-22-20(17-24(23)32(35)36)26(34)31(27(22)2)12-6-11-30-10-5-9-25(30)33/h3-4,7-8,17-18H,5-6,9-16H2,1-2H3. The molecule has 0 radical (unpaired) electrons. The first-order valence-electron chi connectivity index (χ1n) is 12.6. The second-order valence-corrected chi connectivity index (χ2v) is 9.67. The van der Waals surface area contributed by atoms with Crippen LogP contribution in [-0.4, -0.2) is 64.4 Å². The van der Waals surface area contributed by atoms with Gasteiger partial charge in [0.25, 0.3) is 11.2 Å².